The predicted molar refractivity (Wildman–Crippen MR) is 117 cm³/mol. The van der Waals surface area contributed by atoms with Gasteiger partial charge in [0.05, 0.1) is 6.61 Å². The number of ether oxygens (including phenoxy) is 1. The summed E-state index contributed by atoms with van der Waals surface area (Å²) in [6, 6.07) is 16.5. The molecule has 0 aliphatic carbocycles. The minimum atomic E-state index is 0.679. The standard InChI is InChI=1S/C26H34O/c1-4-7-9-10-12-23(11-8-5-2)21-27-26-19-17-25(18-20-26)24-15-13-22(6-3)14-16-24/h3,13-20,23H,4-5,7-12,21H2,1-2H3. The highest BCUT2D eigenvalue weighted by molar-refractivity contribution is 5.65. The molecule has 0 aliphatic heterocycles. The summed E-state index contributed by atoms with van der Waals surface area (Å²) in [5.74, 6) is 4.30. The van der Waals surface area contributed by atoms with E-state index in [1.807, 2.05) is 12.1 Å². The van der Waals surface area contributed by atoms with Crippen LogP contribution in [0.5, 0.6) is 5.75 Å². The minimum absolute atomic E-state index is 0.679. The smallest absolute Gasteiger partial charge is 0.119 e. The Morgan fingerprint density at radius 3 is 1.96 bits per heavy atom. The molecule has 1 unspecified atom stereocenters. The Balaban J connectivity index is 1.88. The molecular formula is C26H34O. The third kappa shape index (κ3) is 7.51. The second-order valence-electron chi connectivity index (χ2n) is 7.41. The Labute approximate surface area is 166 Å². The fourth-order valence-corrected chi connectivity index (χ4v) is 3.38. The lowest BCUT2D eigenvalue weighted by molar-refractivity contribution is 0.225. The van der Waals surface area contributed by atoms with E-state index in [9.17, 15) is 0 Å². The third-order valence-corrected chi connectivity index (χ3v) is 5.16. The number of unbranched alkanes of at least 4 members (excludes halogenated alkanes) is 4. The number of hydrogen-bond acceptors (Lipinski definition) is 1. The van der Waals surface area contributed by atoms with E-state index in [1.54, 1.807) is 0 Å². The predicted octanol–water partition coefficient (Wildman–Crippen LogP) is 7.49. The summed E-state index contributed by atoms with van der Waals surface area (Å²) in [6.07, 6.45) is 15.9. The van der Waals surface area contributed by atoms with E-state index in [0.29, 0.717) is 5.92 Å². The molecule has 144 valence electrons. The highest BCUT2D eigenvalue weighted by Gasteiger charge is 2.09. The van der Waals surface area contributed by atoms with Crippen molar-refractivity contribution in [3.63, 3.8) is 0 Å². The highest BCUT2D eigenvalue weighted by Crippen LogP contribution is 2.24. The lowest BCUT2D eigenvalue weighted by Crippen LogP contribution is -2.12. The van der Waals surface area contributed by atoms with Gasteiger partial charge in [-0.05, 0) is 54.2 Å². The topological polar surface area (TPSA) is 9.23 Å². The lowest BCUT2D eigenvalue weighted by atomic mass is 9.96. The fraction of sp³-hybridized carbons (Fsp3) is 0.462. The van der Waals surface area contributed by atoms with Crippen LogP contribution in [0.3, 0.4) is 0 Å². The molecule has 0 N–H and O–H groups in total. The summed E-state index contributed by atoms with van der Waals surface area (Å²) < 4.78 is 6.12. The fourth-order valence-electron chi connectivity index (χ4n) is 3.38. The van der Waals surface area contributed by atoms with Crippen molar-refractivity contribution >= 4 is 0 Å². The number of hydrogen-bond donors (Lipinski definition) is 0. The van der Waals surface area contributed by atoms with E-state index >= 15 is 0 Å². The molecule has 0 radical (unpaired) electrons. The van der Waals surface area contributed by atoms with Crippen LogP contribution in [0, 0.1) is 18.3 Å². The first kappa shape index (κ1) is 21.1. The van der Waals surface area contributed by atoms with Crippen LogP contribution in [0.25, 0.3) is 11.1 Å². The minimum Gasteiger partial charge on any atom is -0.493 e. The van der Waals surface area contributed by atoms with E-state index in [-0.39, 0.29) is 0 Å². The van der Waals surface area contributed by atoms with Crippen molar-refractivity contribution in [1.82, 2.24) is 0 Å². The maximum Gasteiger partial charge on any atom is 0.119 e. The largest absolute Gasteiger partial charge is 0.493 e. The average molecular weight is 363 g/mol. The van der Waals surface area contributed by atoms with Gasteiger partial charge < -0.3 is 4.74 Å². The van der Waals surface area contributed by atoms with E-state index in [4.69, 9.17) is 11.2 Å². The molecule has 0 aliphatic rings. The van der Waals surface area contributed by atoms with Crippen molar-refractivity contribution < 1.29 is 4.74 Å². The van der Waals surface area contributed by atoms with E-state index in [1.165, 1.54) is 62.5 Å². The number of rotatable bonds is 12. The van der Waals surface area contributed by atoms with Crippen LogP contribution in [0.1, 0.15) is 70.8 Å². The lowest BCUT2D eigenvalue weighted by Gasteiger charge is -2.18. The van der Waals surface area contributed by atoms with Crippen molar-refractivity contribution in [3.05, 3.63) is 54.1 Å². The molecule has 0 aromatic heterocycles. The van der Waals surface area contributed by atoms with Crippen molar-refractivity contribution in [3.8, 4) is 29.2 Å². The van der Waals surface area contributed by atoms with Gasteiger partial charge in [-0.1, -0.05) is 82.6 Å². The first-order chi connectivity index (χ1) is 13.3. The molecule has 0 spiro atoms. The van der Waals surface area contributed by atoms with Crippen LogP contribution < -0.4 is 4.74 Å². The van der Waals surface area contributed by atoms with Gasteiger partial charge in [-0.15, -0.1) is 6.42 Å². The second kappa shape index (κ2) is 12.2. The first-order valence-electron chi connectivity index (χ1n) is 10.6. The van der Waals surface area contributed by atoms with E-state index < -0.39 is 0 Å². The zero-order chi connectivity index (χ0) is 19.3. The summed E-state index contributed by atoms with van der Waals surface area (Å²) in [7, 11) is 0. The van der Waals surface area contributed by atoms with Crippen LogP contribution in [0.2, 0.25) is 0 Å². The van der Waals surface area contributed by atoms with Gasteiger partial charge in [-0.2, -0.15) is 0 Å². The molecule has 0 saturated carbocycles. The number of terminal acetylenes is 1. The summed E-state index contributed by atoms with van der Waals surface area (Å²) in [4.78, 5) is 0. The Hall–Kier alpha value is -2.20. The van der Waals surface area contributed by atoms with Gasteiger partial charge in [0.1, 0.15) is 5.75 Å². The molecule has 0 bridgehead atoms. The summed E-state index contributed by atoms with van der Waals surface area (Å²) in [5.41, 5.74) is 3.28. The molecule has 1 heteroatoms. The Morgan fingerprint density at radius 2 is 1.37 bits per heavy atom. The van der Waals surface area contributed by atoms with Gasteiger partial charge in [0.2, 0.25) is 0 Å². The maximum atomic E-state index is 6.12. The monoisotopic (exact) mass is 362 g/mol. The quantitative estimate of drug-likeness (QED) is 0.281. The van der Waals surface area contributed by atoms with E-state index in [2.05, 4.69) is 56.2 Å². The third-order valence-electron chi connectivity index (χ3n) is 5.16. The average Bonchev–Trinajstić information content (AvgIpc) is 2.73. The van der Waals surface area contributed by atoms with Crippen molar-refractivity contribution in [2.24, 2.45) is 5.92 Å². The summed E-state index contributed by atoms with van der Waals surface area (Å²) in [6.45, 7) is 5.37. The molecule has 2 aromatic rings. The van der Waals surface area contributed by atoms with Gasteiger partial charge in [-0.3, -0.25) is 0 Å². The molecule has 1 nitrogen and oxygen atoms in total. The molecular weight excluding hydrogens is 328 g/mol. The van der Waals surface area contributed by atoms with Crippen molar-refractivity contribution in [1.29, 1.82) is 0 Å². The van der Waals surface area contributed by atoms with Crippen LogP contribution in [0.15, 0.2) is 48.5 Å². The van der Waals surface area contributed by atoms with Crippen LogP contribution >= 0.6 is 0 Å². The Kier molecular flexibility index (Phi) is 9.56. The zero-order valence-electron chi connectivity index (χ0n) is 17.0. The molecule has 0 fully saturated rings. The summed E-state index contributed by atoms with van der Waals surface area (Å²) in [5, 5.41) is 0. The maximum absolute atomic E-state index is 6.12. The second-order valence-corrected chi connectivity index (χ2v) is 7.41. The molecule has 0 amide bonds. The zero-order valence-corrected chi connectivity index (χ0v) is 17.0. The van der Waals surface area contributed by atoms with Crippen LogP contribution in [-0.2, 0) is 0 Å². The normalized spacial score (nSPS) is 11.7. The van der Waals surface area contributed by atoms with Crippen molar-refractivity contribution in [2.45, 2.75) is 65.2 Å². The van der Waals surface area contributed by atoms with Gasteiger partial charge in [-0.25, -0.2) is 0 Å². The van der Waals surface area contributed by atoms with Gasteiger partial charge in [0.25, 0.3) is 0 Å². The SMILES string of the molecule is C#Cc1ccc(-c2ccc(OCC(CCCC)CCCCCC)cc2)cc1. The molecule has 1 atom stereocenters. The molecule has 27 heavy (non-hydrogen) atoms. The number of benzene rings is 2. The molecule has 0 heterocycles. The van der Waals surface area contributed by atoms with Crippen LogP contribution in [0.4, 0.5) is 0 Å². The van der Waals surface area contributed by atoms with Gasteiger partial charge in [0.15, 0.2) is 0 Å². The van der Waals surface area contributed by atoms with Gasteiger partial charge >= 0.3 is 0 Å². The molecule has 2 aromatic carbocycles. The van der Waals surface area contributed by atoms with Crippen molar-refractivity contribution in [2.75, 3.05) is 6.61 Å². The van der Waals surface area contributed by atoms with E-state index in [0.717, 1.165) is 17.9 Å². The van der Waals surface area contributed by atoms with Crippen LogP contribution in [-0.4, -0.2) is 6.61 Å². The first-order valence-corrected chi connectivity index (χ1v) is 10.6. The Bertz CT molecular complexity index is 676. The molecule has 0 saturated heterocycles. The highest BCUT2D eigenvalue weighted by atomic mass is 16.5. The van der Waals surface area contributed by atoms with Gasteiger partial charge in [0, 0.05) is 5.56 Å². The summed E-state index contributed by atoms with van der Waals surface area (Å²) >= 11 is 0. The molecule has 2 rings (SSSR count). The Morgan fingerprint density at radius 1 is 0.778 bits per heavy atom.